The summed E-state index contributed by atoms with van der Waals surface area (Å²) in [5.41, 5.74) is 0.607. The predicted molar refractivity (Wildman–Crippen MR) is 132 cm³/mol. The largest absolute Gasteiger partial charge is 0.491 e. The van der Waals surface area contributed by atoms with E-state index < -0.39 is 0 Å². The van der Waals surface area contributed by atoms with Gasteiger partial charge in [-0.05, 0) is 62.8 Å². The van der Waals surface area contributed by atoms with Crippen LogP contribution in [0.5, 0.6) is 11.5 Å². The number of ether oxygens (including phenoxy) is 2. The Morgan fingerprint density at radius 2 is 1.86 bits per heavy atom. The molecule has 1 aromatic carbocycles. The van der Waals surface area contributed by atoms with Crippen LogP contribution in [0.2, 0.25) is 0 Å². The van der Waals surface area contributed by atoms with E-state index in [4.69, 9.17) is 9.47 Å². The fourth-order valence-electron chi connectivity index (χ4n) is 5.25. The number of hydrogen-bond donors (Lipinski definition) is 0. The molecule has 0 N–H and O–H groups in total. The fraction of sp³-hybridized carbons (Fsp3) is 0.536. The smallest absolute Gasteiger partial charge is 0.257 e. The van der Waals surface area contributed by atoms with Crippen molar-refractivity contribution in [3.63, 3.8) is 0 Å². The Morgan fingerprint density at radius 3 is 2.63 bits per heavy atom. The highest BCUT2D eigenvalue weighted by Gasteiger charge is 2.38. The van der Waals surface area contributed by atoms with Crippen LogP contribution in [0.3, 0.4) is 0 Å². The van der Waals surface area contributed by atoms with Crippen molar-refractivity contribution in [2.75, 3.05) is 39.4 Å². The molecule has 35 heavy (non-hydrogen) atoms. The van der Waals surface area contributed by atoms with E-state index in [9.17, 15) is 9.59 Å². The maximum absolute atomic E-state index is 13.4. The van der Waals surface area contributed by atoms with E-state index in [0.717, 1.165) is 57.2 Å². The first-order valence-electron chi connectivity index (χ1n) is 13.0. The summed E-state index contributed by atoms with van der Waals surface area (Å²) in [5, 5.41) is 0. The highest BCUT2D eigenvalue weighted by molar-refractivity contribution is 5.97. The SMILES string of the molecule is O=C1c2ccccc2OCCN(C(=O)C2CC2)CCCCC2(COc3cccnc3)CCN1CC2. The highest BCUT2D eigenvalue weighted by atomic mass is 16.5. The van der Waals surface area contributed by atoms with Gasteiger partial charge in [0.2, 0.25) is 5.91 Å². The molecule has 4 heterocycles. The predicted octanol–water partition coefficient (Wildman–Crippen LogP) is 4.18. The van der Waals surface area contributed by atoms with Gasteiger partial charge in [-0.2, -0.15) is 0 Å². The molecule has 0 spiro atoms. The number of para-hydroxylation sites is 1. The molecule has 2 fully saturated rings. The maximum Gasteiger partial charge on any atom is 0.257 e. The summed E-state index contributed by atoms with van der Waals surface area (Å²) in [6, 6.07) is 11.3. The van der Waals surface area contributed by atoms with Crippen molar-refractivity contribution < 1.29 is 19.1 Å². The molecule has 2 aromatic rings. The van der Waals surface area contributed by atoms with Crippen molar-refractivity contribution in [3.8, 4) is 11.5 Å². The second-order valence-corrected chi connectivity index (χ2v) is 10.2. The molecule has 7 nitrogen and oxygen atoms in total. The Kier molecular flexibility index (Phi) is 7.21. The van der Waals surface area contributed by atoms with E-state index in [0.29, 0.717) is 44.2 Å². The minimum atomic E-state index is 0.00809. The van der Waals surface area contributed by atoms with E-state index in [1.807, 2.05) is 46.2 Å². The summed E-state index contributed by atoms with van der Waals surface area (Å²) >= 11 is 0. The number of amides is 2. The molecule has 1 aliphatic carbocycles. The molecule has 2 amide bonds. The molecule has 3 aliphatic heterocycles. The first-order valence-corrected chi connectivity index (χ1v) is 13.0. The molecule has 1 aromatic heterocycles. The second kappa shape index (κ2) is 10.7. The van der Waals surface area contributed by atoms with Crippen LogP contribution >= 0.6 is 0 Å². The van der Waals surface area contributed by atoms with Crippen molar-refractivity contribution in [2.24, 2.45) is 11.3 Å². The molecule has 1 saturated heterocycles. The summed E-state index contributed by atoms with van der Waals surface area (Å²) in [6.45, 7) is 3.73. The van der Waals surface area contributed by atoms with Crippen LogP contribution in [0.25, 0.3) is 0 Å². The van der Waals surface area contributed by atoms with Gasteiger partial charge in [0.1, 0.15) is 18.1 Å². The third-order valence-electron chi connectivity index (χ3n) is 7.65. The Bertz CT molecular complexity index is 1020. The van der Waals surface area contributed by atoms with Gasteiger partial charge >= 0.3 is 0 Å². The zero-order valence-corrected chi connectivity index (χ0v) is 20.4. The van der Waals surface area contributed by atoms with Crippen LogP contribution in [0.15, 0.2) is 48.8 Å². The molecule has 0 unspecified atom stereocenters. The summed E-state index contributed by atoms with van der Waals surface area (Å²) in [5.74, 6) is 1.84. The van der Waals surface area contributed by atoms with Gasteiger partial charge in [-0.1, -0.05) is 18.6 Å². The van der Waals surface area contributed by atoms with Gasteiger partial charge < -0.3 is 19.3 Å². The first kappa shape index (κ1) is 23.6. The Hall–Kier alpha value is -3.09. The van der Waals surface area contributed by atoms with Crippen LogP contribution < -0.4 is 9.47 Å². The third-order valence-corrected chi connectivity index (χ3v) is 7.65. The molecule has 186 valence electrons. The lowest BCUT2D eigenvalue weighted by Gasteiger charge is -2.42. The van der Waals surface area contributed by atoms with Crippen molar-refractivity contribution in [2.45, 2.75) is 44.9 Å². The van der Waals surface area contributed by atoms with Gasteiger partial charge in [0, 0.05) is 37.2 Å². The summed E-state index contributed by atoms with van der Waals surface area (Å²) in [4.78, 5) is 34.4. The van der Waals surface area contributed by atoms with Crippen molar-refractivity contribution in [1.82, 2.24) is 14.8 Å². The monoisotopic (exact) mass is 477 g/mol. The lowest BCUT2D eigenvalue weighted by atomic mass is 9.75. The highest BCUT2D eigenvalue weighted by Crippen LogP contribution is 2.38. The van der Waals surface area contributed by atoms with Crippen LogP contribution in [0.1, 0.15) is 55.3 Å². The van der Waals surface area contributed by atoms with Crippen LogP contribution in [0.4, 0.5) is 0 Å². The van der Waals surface area contributed by atoms with Gasteiger partial charge in [0.05, 0.1) is 24.9 Å². The first-order chi connectivity index (χ1) is 17.1. The molecule has 0 radical (unpaired) electrons. The van der Waals surface area contributed by atoms with Gasteiger partial charge in [-0.25, -0.2) is 0 Å². The maximum atomic E-state index is 13.4. The van der Waals surface area contributed by atoms with E-state index in [-0.39, 0.29) is 23.1 Å². The quantitative estimate of drug-likeness (QED) is 0.661. The number of aromatic nitrogens is 1. The summed E-state index contributed by atoms with van der Waals surface area (Å²) in [6.07, 6.45) is 10.3. The fourth-order valence-corrected chi connectivity index (χ4v) is 5.25. The Labute approximate surface area is 207 Å². The molecule has 2 bridgehead atoms. The number of carbonyl (C=O) groups is 2. The molecule has 1 saturated carbocycles. The van der Waals surface area contributed by atoms with Gasteiger partial charge in [0.25, 0.3) is 5.91 Å². The van der Waals surface area contributed by atoms with E-state index >= 15 is 0 Å². The van der Waals surface area contributed by atoms with Gasteiger partial charge in [-0.15, -0.1) is 0 Å². The number of benzene rings is 1. The normalized spacial score (nSPS) is 20.9. The molecule has 0 atom stereocenters. The van der Waals surface area contributed by atoms with Crippen LogP contribution in [-0.2, 0) is 4.79 Å². The second-order valence-electron chi connectivity index (χ2n) is 10.2. The Morgan fingerprint density at radius 1 is 1.03 bits per heavy atom. The summed E-state index contributed by atoms with van der Waals surface area (Å²) < 4.78 is 12.2. The number of nitrogens with zero attached hydrogens (tertiary/aromatic N) is 3. The molecular formula is C28H35N3O4. The molecule has 7 heteroatoms. The van der Waals surface area contributed by atoms with Crippen LogP contribution in [0, 0.1) is 11.3 Å². The van der Waals surface area contributed by atoms with E-state index in [1.165, 1.54) is 0 Å². The van der Waals surface area contributed by atoms with Crippen molar-refractivity contribution in [1.29, 1.82) is 0 Å². The number of pyridine rings is 1. The van der Waals surface area contributed by atoms with Gasteiger partial charge in [0.15, 0.2) is 0 Å². The van der Waals surface area contributed by atoms with Crippen molar-refractivity contribution >= 4 is 11.8 Å². The zero-order valence-electron chi connectivity index (χ0n) is 20.4. The molecule has 6 rings (SSSR count). The van der Waals surface area contributed by atoms with Gasteiger partial charge in [-0.3, -0.25) is 14.6 Å². The van der Waals surface area contributed by atoms with E-state index in [1.54, 1.807) is 12.4 Å². The summed E-state index contributed by atoms with van der Waals surface area (Å²) in [7, 11) is 0. The zero-order chi connectivity index (χ0) is 24.1. The minimum Gasteiger partial charge on any atom is -0.491 e. The number of piperidine rings is 1. The van der Waals surface area contributed by atoms with Crippen molar-refractivity contribution in [3.05, 3.63) is 54.4 Å². The lowest BCUT2D eigenvalue weighted by molar-refractivity contribution is -0.133. The number of carbonyl (C=O) groups excluding carboxylic acids is 2. The number of hydrogen-bond acceptors (Lipinski definition) is 5. The average molecular weight is 478 g/mol. The van der Waals surface area contributed by atoms with E-state index in [2.05, 4.69) is 4.98 Å². The Balaban J connectivity index is 1.35. The minimum absolute atomic E-state index is 0.00809. The molecular weight excluding hydrogens is 442 g/mol. The third kappa shape index (κ3) is 5.77. The number of rotatable bonds is 4. The number of fused-ring (bicyclic) bond motifs is 9. The lowest BCUT2D eigenvalue weighted by Crippen LogP contribution is -2.45. The molecule has 4 aliphatic rings. The standard InChI is InChI=1S/C28H35N3O4/c32-26(22-9-10-22)30-15-4-3-11-28(21-35-23-6-5-14-29-20-23)12-16-31(17-13-28)27(33)24-7-1-2-8-25(24)34-19-18-30/h1-2,5-8,14,20,22H,3-4,9-13,15-19,21H2. The average Bonchev–Trinajstić information content (AvgIpc) is 3.75. The topological polar surface area (TPSA) is 72.0 Å². The van der Waals surface area contributed by atoms with Crippen LogP contribution in [-0.4, -0.2) is 66.0 Å².